The zero-order chi connectivity index (χ0) is 31.6. The third-order valence-corrected chi connectivity index (χ3v) is 15.4. The minimum atomic E-state index is -1.78. The third kappa shape index (κ3) is 15.7. The van der Waals surface area contributed by atoms with Gasteiger partial charge in [-0.25, -0.2) is 0 Å². The highest BCUT2D eigenvalue weighted by Crippen LogP contribution is 2.28. The molecule has 2 atom stereocenters. The lowest BCUT2D eigenvalue weighted by Gasteiger charge is -2.35. The molecule has 43 heavy (non-hydrogen) atoms. The van der Waals surface area contributed by atoms with E-state index in [0.29, 0.717) is 29.6 Å². The lowest BCUT2D eigenvalue weighted by Crippen LogP contribution is -2.44. The average Bonchev–Trinajstić information content (AvgIpc) is 2.99. The van der Waals surface area contributed by atoms with Crippen molar-refractivity contribution in [3.8, 4) is 5.75 Å². The quantitative estimate of drug-likeness (QED) is 0.0570. The summed E-state index contributed by atoms with van der Waals surface area (Å²) in [5.41, 5.74) is 1.39. The Hall–Kier alpha value is -2.48. The van der Waals surface area contributed by atoms with E-state index in [9.17, 15) is 4.79 Å². The number of hydrogen-bond acceptors (Lipinski definition) is 3. The van der Waals surface area contributed by atoms with Crippen LogP contribution in [-0.2, 0) is 4.12 Å². The van der Waals surface area contributed by atoms with Crippen LogP contribution in [0.15, 0.2) is 91.6 Å². The van der Waals surface area contributed by atoms with E-state index in [1.807, 2.05) is 54.6 Å². The highest BCUT2D eigenvalue weighted by molar-refractivity contribution is 6.84. The normalized spacial score (nSPS) is 13.8. The number of allylic oxidation sites excluding steroid dienone is 5. The number of benzene rings is 2. The summed E-state index contributed by atoms with van der Waals surface area (Å²) in [7, 11) is -3.51. The maximum Gasteiger partial charge on any atom is 0.193 e. The third-order valence-electron chi connectivity index (χ3n) is 7.95. The molecule has 236 valence electrons. The van der Waals surface area contributed by atoms with Gasteiger partial charge in [-0.1, -0.05) is 81.0 Å². The molecule has 0 aliphatic carbocycles. The Labute approximate surface area is 265 Å². The van der Waals surface area contributed by atoms with Gasteiger partial charge in [-0.05, 0) is 119 Å². The summed E-state index contributed by atoms with van der Waals surface area (Å²) in [6.07, 6.45) is 20.6. The van der Waals surface area contributed by atoms with Gasteiger partial charge in [0.1, 0.15) is 5.75 Å². The number of rotatable bonds is 22. The van der Waals surface area contributed by atoms with Gasteiger partial charge in [0.2, 0.25) is 0 Å². The van der Waals surface area contributed by atoms with E-state index in [2.05, 4.69) is 77.0 Å². The van der Waals surface area contributed by atoms with Crippen molar-refractivity contribution < 1.29 is 13.6 Å². The summed E-state index contributed by atoms with van der Waals surface area (Å²) in [5, 5.41) is 0. The van der Waals surface area contributed by atoms with Crippen LogP contribution >= 0.6 is 0 Å². The molecule has 2 aromatic carbocycles. The van der Waals surface area contributed by atoms with Crippen molar-refractivity contribution >= 4 is 22.4 Å². The van der Waals surface area contributed by atoms with Gasteiger partial charge >= 0.3 is 0 Å². The predicted octanol–water partition coefficient (Wildman–Crippen LogP) is 11.4. The number of hydrogen-bond donors (Lipinski definition) is 0. The maximum absolute atomic E-state index is 12.6. The zero-order valence-electron chi connectivity index (χ0n) is 27.9. The molecular formula is C38H58O3Si2. The van der Waals surface area contributed by atoms with Gasteiger partial charge in [-0.15, -0.1) is 6.58 Å². The first-order chi connectivity index (χ1) is 20.5. The number of carbonyl (C=O) groups excluding carboxylic acids is 1. The predicted molar refractivity (Wildman–Crippen MR) is 191 cm³/mol. The van der Waals surface area contributed by atoms with E-state index in [1.165, 1.54) is 25.3 Å². The van der Waals surface area contributed by atoms with Crippen molar-refractivity contribution in [2.75, 3.05) is 6.61 Å². The maximum atomic E-state index is 12.6. The number of ketones is 1. The van der Waals surface area contributed by atoms with Crippen LogP contribution < -0.4 is 4.74 Å². The summed E-state index contributed by atoms with van der Waals surface area (Å²) in [6, 6.07) is 19.2. The summed E-state index contributed by atoms with van der Waals surface area (Å²) in [5.74, 6) is 2.13. The molecule has 5 heteroatoms. The van der Waals surface area contributed by atoms with E-state index >= 15 is 0 Å². The van der Waals surface area contributed by atoms with Crippen LogP contribution in [0.5, 0.6) is 5.75 Å². The van der Waals surface area contributed by atoms with Crippen molar-refractivity contribution in [3.63, 3.8) is 0 Å². The Morgan fingerprint density at radius 2 is 1.42 bits per heavy atom. The van der Waals surface area contributed by atoms with Gasteiger partial charge in [0.15, 0.2) is 22.4 Å². The highest BCUT2D eigenvalue weighted by atomic mass is 28.4. The van der Waals surface area contributed by atoms with E-state index in [1.54, 1.807) is 0 Å². The molecule has 0 aromatic heterocycles. The first kappa shape index (κ1) is 36.7. The molecule has 3 nitrogen and oxygen atoms in total. The first-order valence-electron chi connectivity index (χ1n) is 16.5. The number of carbonyl (C=O) groups is 1. The molecule has 2 aromatic rings. The molecule has 0 heterocycles. The van der Waals surface area contributed by atoms with Crippen molar-refractivity contribution in [2.45, 2.75) is 103 Å². The topological polar surface area (TPSA) is 35.5 Å². The molecule has 0 N–H and O–H groups in total. The lowest BCUT2D eigenvalue weighted by atomic mass is 9.90. The van der Waals surface area contributed by atoms with Gasteiger partial charge in [0.05, 0.1) is 6.61 Å². The lowest BCUT2D eigenvalue weighted by molar-refractivity contribution is 0.103. The minimum absolute atomic E-state index is 0.0353. The summed E-state index contributed by atoms with van der Waals surface area (Å²) >= 11 is 0. The number of unbranched alkanes of at least 4 members (excludes halogenated alkanes) is 1. The van der Waals surface area contributed by atoms with Crippen LogP contribution in [0.1, 0.15) is 81.1 Å². The monoisotopic (exact) mass is 618 g/mol. The Balaban J connectivity index is 1.67. The van der Waals surface area contributed by atoms with Crippen LogP contribution in [0.25, 0.3) is 0 Å². The Morgan fingerprint density at radius 3 is 2.07 bits per heavy atom. The van der Waals surface area contributed by atoms with Crippen LogP contribution in [0.4, 0.5) is 0 Å². The second kappa shape index (κ2) is 19.7. The molecule has 0 radical (unpaired) electrons. The first-order valence-corrected chi connectivity index (χ1v) is 22.7. The zero-order valence-corrected chi connectivity index (χ0v) is 29.9. The SMILES string of the molecule is C=CC(CC/C=C\CC/C=C/CC)CC(C)CC[Si](C)(C)O[Si](C)(C)CCCOc1ccc(C(=O)c2ccccc2)cc1. The van der Waals surface area contributed by atoms with Crippen molar-refractivity contribution in [2.24, 2.45) is 11.8 Å². The van der Waals surface area contributed by atoms with Crippen molar-refractivity contribution in [3.05, 3.63) is 103 Å². The van der Waals surface area contributed by atoms with Gasteiger partial charge < -0.3 is 8.85 Å². The molecule has 0 saturated carbocycles. The number of ether oxygens (including phenoxy) is 1. The Kier molecular flexibility index (Phi) is 16.8. The Bertz CT molecular complexity index is 1120. The molecule has 0 fully saturated rings. The molecule has 0 bridgehead atoms. The molecule has 2 unspecified atom stereocenters. The standard InChI is InChI=1S/C38H58O3Si2/c1-8-10-11-12-13-14-15-17-21-34(9-2)32-33(3)28-31-43(6,7)41-42(4,5)30-20-29-40-37-26-24-36(25-27-37)38(39)35-22-18-16-19-23-35/h9-11,14-16,18-19,22-27,33-34H,2,8,12-13,17,20-21,28-32H2,1,3-7H3/b11-10+,15-14-. The molecule has 0 spiro atoms. The van der Waals surface area contributed by atoms with Gasteiger partial charge in [0.25, 0.3) is 0 Å². The summed E-state index contributed by atoms with van der Waals surface area (Å²) in [4.78, 5) is 12.6. The van der Waals surface area contributed by atoms with E-state index in [0.717, 1.165) is 43.9 Å². The van der Waals surface area contributed by atoms with Crippen molar-refractivity contribution in [1.29, 1.82) is 0 Å². The van der Waals surface area contributed by atoms with Crippen LogP contribution in [0, 0.1) is 11.8 Å². The van der Waals surface area contributed by atoms with Gasteiger partial charge in [-0.2, -0.15) is 0 Å². The van der Waals surface area contributed by atoms with E-state index in [4.69, 9.17) is 8.85 Å². The van der Waals surface area contributed by atoms with Crippen LogP contribution in [0.2, 0.25) is 38.3 Å². The second-order valence-electron chi connectivity index (χ2n) is 13.2. The average molecular weight is 619 g/mol. The Morgan fingerprint density at radius 1 is 0.814 bits per heavy atom. The molecule has 0 amide bonds. The van der Waals surface area contributed by atoms with Crippen LogP contribution in [-0.4, -0.2) is 29.0 Å². The summed E-state index contributed by atoms with van der Waals surface area (Å²) in [6.45, 7) is 18.9. The van der Waals surface area contributed by atoms with Gasteiger partial charge in [0, 0.05) is 11.1 Å². The van der Waals surface area contributed by atoms with E-state index in [-0.39, 0.29) is 5.78 Å². The highest BCUT2D eigenvalue weighted by Gasteiger charge is 2.32. The fourth-order valence-corrected chi connectivity index (χ4v) is 14.6. The fraction of sp³-hybridized carbons (Fsp3) is 0.500. The van der Waals surface area contributed by atoms with Gasteiger partial charge in [-0.3, -0.25) is 4.79 Å². The molecule has 0 saturated heterocycles. The van der Waals surface area contributed by atoms with Crippen LogP contribution in [0.3, 0.4) is 0 Å². The van der Waals surface area contributed by atoms with E-state index < -0.39 is 16.6 Å². The summed E-state index contributed by atoms with van der Waals surface area (Å²) < 4.78 is 12.9. The van der Waals surface area contributed by atoms with Crippen molar-refractivity contribution in [1.82, 2.24) is 0 Å². The molecule has 0 aliphatic heterocycles. The molecule has 0 aliphatic rings. The fourth-order valence-electron chi connectivity index (χ4n) is 5.58. The molecule has 2 rings (SSSR count). The second-order valence-corrected chi connectivity index (χ2v) is 22.0. The smallest absolute Gasteiger partial charge is 0.193 e. The molecular weight excluding hydrogens is 561 g/mol. The minimum Gasteiger partial charge on any atom is -0.494 e. The largest absolute Gasteiger partial charge is 0.494 e.